The summed E-state index contributed by atoms with van der Waals surface area (Å²) in [6, 6.07) is 8.64. The van der Waals surface area contributed by atoms with Gasteiger partial charge >= 0.3 is 0 Å². The molecule has 1 heterocycles. The number of aryl methyl sites for hydroxylation is 1. The molecule has 0 radical (unpaired) electrons. The maximum Gasteiger partial charge on any atom is 0.233 e. The summed E-state index contributed by atoms with van der Waals surface area (Å²) in [5.74, 6) is 0.820. The van der Waals surface area contributed by atoms with Crippen molar-refractivity contribution in [1.82, 2.24) is 20.5 Å². The van der Waals surface area contributed by atoms with Crippen LogP contribution < -0.4 is 5.32 Å². The van der Waals surface area contributed by atoms with Gasteiger partial charge in [0.1, 0.15) is 0 Å². The van der Waals surface area contributed by atoms with E-state index in [0.717, 1.165) is 30.7 Å². The topological polar surface area (TPSA) is 70.7 Å². The maximum absolute atomic E-state index is 12.4. The quantitative estimate of drug-likeness (QED) is 0.767. The third kappa shape index (κ3) is 4.84. The first kappa shape index (κ1) is 18.0. The van der Waals surface area contributed by atoms with Gasteiger partial charge in [0.15, 0.2) is 5.82 Å². The summed E-state index contributed by atoms with van der Waals surface area (Å²) in [7, 11) is 0. The molecular weight excluding hydrogens is 332 g/mol. The predicted molar refractivity (Wildman–Crippen MR) is 102 cm³/mol. The summed E-state index contributed by atoms with van der Waals surface area (Å²) in [6.45, 7) is 4.05. The van der Waals surface area contributed by atoms with E-state index in [2.05, 4.69) is 39.6 Å². The van der Waals surface area contributed by atoms with Crippen LogP contribution in [-0.2, 0) is 11.2 Å². The van der Waals surface area contributed by atoms with Crippen molar-refractivity contribution in [2.24, 2.45) is 0 Å². The van der Waals surface area contributed by atoms with Gasteiger partial charge in [0, 0.05) is 11.6 Å². The number of carbonyl (C=O) groups excluding carboxylic acids is 1. The minimum Gasteiger partial charge on any atom is -0.352 e. The number of rotatable bonds is 6. The van der Waals surface area contributed by atoms with Crippen LogP contribution in [0.25, 0.3) is 11.4 Å². The second kappa shape index (κ2) is 8.52. The number of nitrogens with one attached hydrogen (secondary N) is 2. The molecular formula is C19H26N4OS. The number of thioether (sulfide) groups is 1. The average molecular weight is 359 g/mol. The minimum absolute atomic E-state index is 0.0792. The zero-order valence-electron chi connectivity index (χ0n) is 14.9. The van der Waals surface area contributed by atoms with Gasteiger partial charge in [0.25, 0.3) is 0 Å². The Bertz CT molecular complexity index is 692. The molecule has 6 heteroatoms. The zero-order chi connectivity index (χ0) is 17.6. The van der Waals surface area contributed by atoms with Gasteiger partial charge in [-0.15, -0.1) is 5.10 Å². The molecule has 1 aromatic heterocycles. The number of hydrogen-bond acceptors (Lipinski definition) is 4. The lowest BCUT2D eigenvalue weighted by Crippen LogP contribution is -2.40. The Morgan fingerprint density at radius 3 is 2.68 bits per heavy atom. The average Bonchev–Trinajstić information content (AvgIpc) is 3.11. The normalized spacial score (nSPS) is 16.6. The van der Waals surface area contributed by atoms with Gasteiger partial charge in [0.2, 0.25) is 11.1 Å². The molecule has 1 fully saturated rings. The lowest BCUT2D eigenvalue weighted by Gasteiger charge is -2.24. The van der Waals surface area contributed by atoms with E-state index in [1.165, 1.54) is 36.6 Å². The highest BCUT2D eigenvalue weighted by molar-refractivity contribution is 8.00. The van der Waals surface area contributed by atoms with Crippen molar-refractivity contribution in [3.63, 3.8) is 0 Å². The Balaban J connectivity index is 1.57. The molecule has 3 rings (SSSR count). The molecule has 0 spiro atoms. The number of aromatic amines is 1. The molecule has 2 N–H and O–H groups in total. The third-order valence-electron chi connectivity index (χ3n) is 4.70. The zero-order valence-corrected chi connectivity index (χ0v) is 15.7. The van der Waals surface area contributed by atoms with Gasteiger partial charge in [-0.25, -0.2) is 4.98 Å². The van der Waals surface area contributed by atoms with Crippen LogP contribution in [0.2, 0.25) is 0 Å². The van der Waals surface area contributed by atoms with Gasteiger partial charge in [-0.05, 0) is 31.7 Å². The first-order chi connectivity index (χ1) is 12.2. The minimum atomic E-state index is -0.201. The van der Waals surface area contributed by atoms with Crippen molar-refractivity contribution in [1.29, 1.82) is 0 Å². The van der Waals surface area contributed by atoms with Gasteiger partial charge in [-0.1, -0.05) is 62.2 Å². The lowest BCUT2D eigenvalue weighted by molar-refractivity contribution is -0.121. The number of amides is 1. The molecule has 1 saturated carbocycles. The van der Waals surface area contributed by atoms with Gasteiger partial charge in [-0.3, -0.25) is 9.89 Å². The second-order valence-corrected chi connectivity index (χ2v) is 7.93. The molecule has 2 aromatic rings. The highest BCUT2D eigenvalue weighted by Gasteiger charge is 2.21. The predicted octanol–water partition coefficient (Wildman–Crippen LogP) is 3.96. The van der Waals surface area contributed by atoms with Crippen molar-refractivity contribution >= 4 is 17.7 Å². The third-order valence-corrected chi connectivity index (χ3v) is 5.66. The summed E-state index contributed by atoms with van der Waals surface area (Å²) < 4.78 is 0. The van der Waals surface area contributed by atoms with Crippen molar-refractivity contribution in [2.45, 2.75) is 68.8 Å². The van der Waals surface area contributed by atoms with E-state index < -0.39 is 0 Å². The van der Waals surface area contributed by atoms with Crippen LogP contribution in [0.15, 0.2) is 29.4 Å². The molecule has 25 heavy (non-hydrogen) atoms. The summed E-state index contributed by atoms with van der Waals surface area (Å²) >= 11 is 1.40. The van der Waals surface area contributed by atoms with E-state index in [-0.39, 0.29) is 11.2 Å². The van der Waals surface area contributed by atoms with Crippen LogP contribution in [0.4, 0.5) is 0 Å². The van der Waals surface area contributed by atoms with E-state index in [0.29, 0.717) is 11.2 Å². The van der Waals surface area contributed by atoms with Crippen LogP contribution in [0.5, 0.6) is 0 Å². The van der Waals surface area contributed by atoms with E-state index in [1.54, 1.807) is 0 Å². The van der Waals surface area contributed by atoms with Crippen LogP contribution >= 0.6 is 11.8 Å². The molecule has 1 amide bonds. The van der Waals surface area contributed by atoms with E-state index in [4.69, 9.17) is 0 Å². The summed E-state index contributed by atoms with van der Waals surface area (Å²) in [5, 5.41) is 10.8. The van der Waals surface area contributed by atoms with E-state index in [9.17, 15) is 4.79 Å². The Hall–Kier alpha value is -1.82. The van der Waals surface area contributed by atoms with Crippen molar-refractivity contribution in [3.05, 3.63) is 29.8 Å². The summed E-state index contributed by atoms with van der Waals surface area (Å²) in [4.78, 5) is 16.9. The van der Waals surface area contributed by atoms with Crippen LogP contribution in [0.1, 0.15) is 51.5 Å². The van der Waals surface area contributed by atoms with Gasteiger partial charge in [-0.2, -0.15) is 0 Å². The molecule has 1 atom stereocenters. The highest BCUT2D eigenvalue weighted by atomic mass is 32.2. The van der Waals surface area contributed by atoms with Crippen LogP contribution in [0.3, 0.4) is 0 Å². The summed E-state index contributed by atoms with van der Waals surface area (Å²) in [6.07, 6.45) is 6.94. The second-order valence-electron chi connectivity index (χ2n) is 6.62. The fourth-order valence-corrected chi connectivity index (χ4v) is 3.84. The largest absolute Gasteiger partial charge is 0.352 e. The molecule has 0 bridgehead atoms. The molecule has 1 aromatic carbocycles. The van der Waals surface area contributed by atoms with Crippen molar-refractivity contribution in [3.8, 4) is 11.4 Å². The number of hydrogen-bond donors (Lipinski definition) is 2. The molecule has 0 aliphatic heterocycles. The van der Waals surface area contributed by atoms with Gasteiger partial charge < -0.3 is 5.32 Å². The molecule has 1 aliphatic rings. The maximum atomic E-state index is 12.4. The molecule has 1 unspecified atom stereocenters. The summed E-state index contributed by atoms with van der Waals surface area (Å²) in [5.41, 5.74) is 2.31. The highest BCUT2D eigenvalue weighted by Crippen LogP contribution is 2.24. The van der Waals surface area contributed by atoms with Gasteiger partial charge in [0.05, 0.1) is 5.25 Å². The number of nitrogens with zero attached hydrogens (tertiary/aromatic N) is 2. The van der Waals surface area contributed by atoms with Crippen molar-refractivity contribution < 1.29 is 4.79 Å². The Morgan fingerprint density at radius 1 is 1.28 bits per heavy atom. The standard InChI is InChI=1S/C19H26N4OS/c1-3-14-9-11-15(12-10-14)17-21-19(23-22-17)25-13(2)18(24)20-16-7-5-4-6-8-16/h9-13,16H,3-8H2,1-2H3,(H,20,24)(H,21,22,23). The SMILES string of the molecule is CCc1ccc(-c2nc(SC(C)C(=O)NC3CCCCC3)n[nH]2)cc1. The smallest absolute Gasteiger partial charge is 0.233 e. The Kier molecular flexibility index (Phi) is 6.13. The number of H-pyrrole nitrogens is 1. The molecule has 1 aliphatic carbocycles. The Morgan fingerprint density at radius 2 is 2.00 bits per heavy atom. The molecule has 0 saturated heterocycles. The molecule has 5 nitrogen and oxygen atoms in total. The number of benzene rings is 1. The fraction of sp³-hybridized carbons (Fsp3) is 0.526. The Labute approximate surface area is 153 Å². The van der Waals surface area contributed by atoms with Crippen LogP contribution in [0, 0.1) is 0 Å². The van der Waals surface area contributed by atoms with Crippen molar-refractivity contribution in [2.75, 3.05) is 0 Å². The molecule has 134 valence electrons. The fourth-order valence-electron chi connectivity index (χ4n) is 3.10. The first-order valence-electron chi connectivity index (χ1n) is 9.14. The van der Waals surface area contributed by atoms with E-state index in [1.807, 2.05) is 19.1 Å². The first-order valence-corrected chi connectivity index (χ1v) is 10.0. The van der Waals surface area contributed by atoms with E-state index >= 15 is 0 Å². The lowest BCUT2D eigenvalue weighted by atomic mass is 9.95. The number of aromatic nitrogens is 3. The number of carbonyl (C=O) groups is 1. The monoisotopic (exact) mass is 358 g/mol. The van der Waals surface area contributed by atoms with Crippen LogP contribution in [-0.4, -0.2) is 32.4 Å².